The van der Waals surface area contributed by atoms with Crippen LogP contribution in [0.1, 0.15) is 71.6 Å². The highest BCUT2D eigenvalue weighted by Crippen LogP contribution is 2.70. The number of fused-ring (bicyclic) bond motifs is 5. The molecule has 13 atom stereocenters. The maximum atomic E-state index is 13.0. The molecule has 2 heterocycles. The highest BCUT2D eigenvalue weighted by atomic mass is 16.7. The SMILES string of the molecule is C[C@@H]1OC(O[C@H]2CC[C@]3(C=O)[C@H]4CC[C@]5(C)[C@@H](C6=CC(=O)OC6)CC[C@]5(O)[C@@H]4CC[C@]3(O)C2)[C@H](O)C(O)C1O. The molecule has 4 saturated carbocycles. The van der Waals surface area contributed by atoms with Crippen LogP contribution in [0.3, 0.4) is 0 Å². The van der Waals surface area contributed by atoms with Crippen LogP contribution in [0, 0.1) is 28.6 Å². The Labute approximate surface area is 228 Å². The fourth-order valence-electron chi connectivity index (χ4n) is 9.75. The fraction of sp³-hybridized carbons (Fsp3) is 0.862. The van der Waals surface area contributed by atoms with E-state index in [0.717, 1.165) is 18.3 Å². The molecule has 0 aromatic carbocycles. The number of hydrogen-bond donors (Lipinski definition) is 5. The summed E-state index contributed by atoms with van der Waals surface area (Å²) < 4.78 is 16.9. The molecule has 2 aliphatic heterocycles. The summed E-state index contributed by atoms with van der Waals surface area (Å²) in [6.07, 6.45) is 0.689. The van der Waals surface area contributed by atoms with E-state index in [4.69, 9.17) is 14.2 Å². The predicted octanol–water partition coefficient (Wildman–Crippen LogP) is 0.750. The van der Waals surface area contributed by atoms with Gasteiger partial charge in [0.25, 0.3) is 0 Å². The van der Waals surface area contributed by atoms with Crippen molar-refractivity contribution in [1.82, 2.24) is 0 Å². The number of esters is 1. The molecule has 6 rings (SSSR count). The molecule has 6 aliphatic rings. The van der Waals surface area contributed by atoms with E-state index in [1.54, 1.807) is 13.0 Å². The van der Waals surface area contributed by atoms with Crippen molar-refractivity contribution in [1.29, 1.82) is 0 Å². The molecule has 0 aromatic heterocycles. The first-order chi connectivity index (χ1) is 18.4. The summed E-state index contributed by atoms with van der Waals surface area (Å²) in [5.74, 6) is -0.616. The molecule has 10 heteroatoms. The maximum absolute atomic E-state index is 13.0. The van der Waals surface area contributed by atoms with Gasteiger partial charge in [-0.25, -0.2) is 4.79 Å². The number of aliphatic hydroxyl groups excluding tert-OH is 3. The molecule has 218 valence electrons. The number of ether oxygens (including phenoxy) is 3. The fourth-order valence-corrected chi connectivity index (χ4v) is 9.75. The maximum Gasteiger partial charge on any atom is 0.331 e. The smallest absolute Gasteiger partial charge is 0.331 e. The van der Waals surface area contributed by atoms with E-state index >= 15 is 0 Å². The monoisotopic (exact) mass is 550 g/mol. The Morgan fingerprint density at radius 2 is 1.72 bits per heavy atom. The minimum Gasteiger partial charge on any atom is -0.458 e. The number of rotatable bonds is 4. The van der Waals surface area contributed by atoms with Crippen LogP contribution in [0.25, 0.3) is 0 Å². The number of carbonyl (C=O) groups is 2. The summed E-state index contributed by atoms with van der Waals surface area (Å²) >= 11 is 0. The van der Waals surface area contributed by atoms with Gasteiger partial charge in [-0.15, -0.1) is 0 Å². The third kappa shape index (κ3) is 3.78. The quantitative estimate of drug-likeness (QED) is 0.192. The molecule has 0 radical (unpaired) electrons. The Morgan fingerprint density at radius 3 is 2.41 bits per heavy atom. The van der Waals surface area contributed by atoms with Gasteiger partial charge in [0.05, 0.1) is 28.8 Å². The van der Waals surface area contributed by atoms with Gasteiger partial charge in [0.15, 0.2) is 6.29 Å². The molecule has 1 saturated heterocycles. The Hall–Kier alpha value is -1.40. The average Bonchev–Trinajstić information content (AvgIpc) is 3.45. The van der Waals surface area contributed by atoms with Crippen LogP contribution in [0.5, 0.6) is 0 Å². The van der Waals surface area contributed by atoms with Crippen molar-refractivity contribution in [3.05, 3.63) is 11.6 Å². The first-order valence-corrected chi connectivity index (χ1v) is 14.5. The van der Waals surface area contributed by atoms with Crippen LogP contribution in [-0.4, -0.2) is 92.4 Å². The molecule has 3 unspecified atom stereocenters. The minimum atomic E-state index is -1.43. The second-order valence-electron chi connectivity index (χ2n) is 13.4. The number of aliphatic hydroxyl groups is 5. The molecule has 0 bridgehead atoms. The van der Waals surface area contributed by atoms with Crippen molar-refractivity contribution in [2.45, 2.75) is 120 Å². The van der Waals surface area contributed by atoms with Gasteiger partial charge in [-0.1, -0.05) is 6.92 Å². The van der Waals surface area contributed by atoms with Gasteiger partial charge in [-0.2, -0.15) is 0 Å². The molecular weight excluding hydrogens is 508 g/mol. The first-order valence-electron chi connectivity index (χ1n) is 14.5. The normalized spacial score (nSPS) is 55.2. The van der Waals surface area contributed by atoms with Crippen LogP contribution in [-0.2, 0) is 23.8 Å². The summed E-state index contributed by atoms with van der Waals surface area (Å²) in [6, 6.07) is 0. The third-order valence-corrected chi connectivity index (χ3v) is 12.0. The van der Waals surface area contributed by atoms with E-state index in [2.05, 4.69) is 6.92 Å². The number of cyclic esters (lactones) is 1. The molecule has 0 spiro atoms. The zero-order valence-electron chi connectivity index (χ0n) is 22.7. The number of hydrogen-bond acceptors (Lipinski definition) is 10. The van der Waals surface area contributed by atoms with Crippen molar-refractivity contribution in [2.75, 3.05) is 6.61 Å². The first kappa shape index (κ1) is 27.8. The van der Waals surface area contributed by atoms with E-state index in [-0.39, 0.29) is 36.8 Å². The van der Waals surface area contributed by atoms with Crippen LogP contribution < -0.4 is 0 Å². The second-order valence-corrected chi connectivity index (χ2v) is 13.4. The van der Waals surface area contributed by atoms with E-state index in [0.29, 0.717) is 44.9 Å². The Kier molecular flexibility index (Phi) is 6.62. The van der Waals surface area contributed by atoms with Crippen LogP contribution >= 0.6 is 0 Å². The lowest BCUT2D eigenvalue weighted by atomic mass is 9.41. The van der Waals surface area contributed by atoms with E-state index in [1.807, 2.05) is 0 Å². The molecular formula is C29H42O10. The Morgan fingerprint density at radius 1 is 0.974 bits per heavy atom. The van der Waals surface area contributed by atoms with Gasteiger partial charge < -0.3 is 44.5 Å². The van der Waals surface area contributed by atoms with Gasteiger partial charge in [0.2, 0.25) is 0 Å². The molecule has 10 nitrogen and oxygen atoms in total. The van der Waals surface area contributed by atoms with Gasteiger partial charge in [0, 0.05) is 17.9 Å². The van der Waals surface area contributed by atoms with Crippen molar-refractivity contribution >= 4 is 12.3 Å². The van der Waals surface area contributed by atoms with Crippen LogP contribution in [0.2, 0.25) is 0 Å². The third-order valence-electron chi connectivity index (χ3n) is 12.0. The van der Waals surface area contributed by atoms with Crippen molar-refractivity contribution < 1.29 is 49.3 Å². The summed E-state index contributed by atoms with van der Waals surface area (Å²) in [5, 5.41) is 55.0. The highest BCUT2D eigenvalue weighted by molar-refractivity contribution is 5.85. The molecule has 5 fully saturated rings. The number of carbonyl (C=O) groups excluding carboxylic acids is 2. The van der Waals surface area contributed by atoms with Gasteiger partial charge in [0.1, 0.15) is 31.2 Å². The Balaban J connectivity index is 1.22. The molecule has 0 amide bonds. The number of aldehydes is 1. The predicted molar refractivity (Wildman–Crippen MR) is 135 cm³/mol. The Bertz CT molecular complexity index is 1050. The van der Waals surface area contributed by atoms with Crippen molar-refractivity contribution in [2.24, 2.45) is 28.6 Å². The summed E-state index contributed by atoms with van der Waals surface area (Å²) in [6.45, 7) is 3.98. The standard InChI is InChI=1S/C29H42O10/c1-15-22(32)23(33)24(34)25(38-15)39-17-3-8-27(14-30)19-4-7-26(2)18(16-11-21(31)37-13-16)6-10-29(26,36)20(19)5-9-28(27,35)12-17/h11,14-15,17-20,22-25,32-36H,3-10,12-13H2,1-2H3/t15-,17-,18+,19-,20+,22?,23?,24+,25?,26+,27-,28-,29-/m0/s1. The molecule has 0 aromatic rings. The summed E-state index contributed by atoms with van der Waals surface area (Å²) in [7, 11) is 0. The summed E-state index contributed by atoms with van der Waals surface area (Å²) in [5.41, 5.74) is -2.86. The van der Waals surface area contributed by atoms with E-state index in [9.17, 15) is 35.1 Å². The van der Waals surface area contributed by atoms with Gasteiger partial charge in [-0.05, 0) is 81.6 Å². The molecule has 5 N–H and O–H groups in total. The largest absolute Gasteiger partial charge is 0.458 e. The zero-order valence-corrected chi connectivity index (χ0v) is 22.7. The highest BCUT2D eigenvalue weighted by Gasteiger charge is 2.71. The van der Waals surface area contributed by atoms with Crippen molar-refractivity contribution in [3.63, 3.8) is 0 Å². The minimum absolute atomic E-state index is 0.0465. The zero-order chi connectivity index (χ0) is 28.0. The van der Waals surface area contributed by atoms with Gasteiger partial charge >= 0.3 is 5.97 Å². The van der Waals surface area contributed by atoms with E-state index < -0.39 is 58.8 Å². The van der Waals surface area contributed by atoms with Gasteiger partial charge in [-0.3, -0.25) is 0 Å². The second kappa shape index (κ2) is 9.31. The van der Waals surface area contributed by atoms with Crippen LogP contribution in [0.4, 0.5) is 0 Å². The van der Waals surface area contributed by atoms with E-state index in [1.165, 1.54) is 0 Å². The lowest BCUT2D eigenvalue weighted by molar-refractivity contribution is -0.317. The lowest BCUT2D eigenvalue weighted by Crippen LogP contribution is -2.69. The summed E-state index contributed by atoms with van der Waals surface area (Å²) in [4.78, 5) is 24.8. The molecule has 4 aliphatic carbocycles. The van der Waals surface area contributed by atoms with Crippen molar-refractivity contribution in [3.8, 4) is 0 Å². The molecule has 39 heavy (non-hydrogen) atoms. The van der Waals surface area contributed by atoms with Crippen LogP contribution in [0.15, 0.2) is 11.6 Å². The average molecular weight is 551 g/mol. The topological polar surface area (TPSA) is 163 Å². The lowest BCUT2D eigenvalue weighted by Gasteiger charge is -2.65.